The standard InChI is InChI=1S/C16H22O3/c1-3-13-8-4-5-10-16(13,18)14-9-6-7-12(11-14)15(17)19-2/h6-7,9,11,13,18H,3-5,8,10H2,1-2H3. The molecule has 0 radical (unpaired) electrons. The van der Waals surface area contributed by atoms with Gasteiger partial charge in [-0.1, -0.05) is 38.3 Å². The highest BCUT2D eigenvalue weighted by atomic mass is 16.5. The lowest BCUT2D eigenvalue weighted by molar-refractivity contribution is -0.0557. The van der Waals surface area contributed by atoms with E-state index in [0.717, 1.165) is 31.2 Å². The van der Waals surface area contributed by atoms with Crippen LogP contribution in [0.1, 0.15) is 54.9 Å². The second-order valence-corrected chi connectivity index (χ2v) is 5.35. The van der Waals surface area contributed by atoms with Crippen LogP contribution in [0.15, 0.2) is 24.3 Å². The number of aliphatic hydroxyl groups is 1. The normalized spacial score (nSPS) is 27.0. The topological polar surface area (TPSA) is 46.5 Å². The smallest absolute Gasteiger partial charge is 0.337 e. The van der Waals surface area contributed by atoms with Crippen molar-refractivity contribution in [3.63, 3.8) is 0 Å². The summed E-state index contributed by atoms with van der Waals surface area (Å²) in [4.78, 5) is 11.6. The molecular weight excluding hydrogens is 240 g/mol. The highest BCUT2D eigenvalue weighted by Crippen LogP contribution is 2.43. The summed E-state index contributed by atoms with van der Waals surface area (Å²) in [7, 11) is 1.37. The molecule has 1 fully saturated rings. The number of hydrogen-bond donors (Lipinski definition) is 1. The van der Waals surface area contributed by atoms with E-state index in [1.54, 1.807) is 12.1 Å². The molecule has 2 atom stereocenters. The Hall–Kier alpha value is -1.35. The van der Waals surface area contributed by atoms with Crippen molar-refractivity contribution in [3.8, 4) is 0 Å². The number of methoxy groups -OCH3 is 1. The fourth-order valence-electron chi connectivity index (χ4n) is 3.18. The minimum atomic E-state index is -0.795. The monoisotopic (exact) mass is 262 g/mol. The minimum absolute atomic E-state index is 0.272. The molecule has 0 aromatic heterocycles. The van der Waals surface area contributed by atoms with Crippen molar-refractivity contribution in [1.82, 2.24) is 0 Å². The van der Waals surface area contributed by atoms with Crippen LogP contribution >= 0.6 is 0 Å². The van der Waals surface area contributed by atoms with Gasteiger partial charge >= 0.3 is 5.97 Å². The van der Waals surface area contributed by atoms with Gasteiger partial charge in [0.05, 0.1) is 18.3 Å². The third-order valence-electron chi connectivity index (χ3n) is 4.31. The molecule has 0 aliphatic heterocycles. The summed E-state index contributed by atoms with van der Waals surface area (Å²) in [5.74, 6) is -0.0801. The zero-order chi connectivity index (χ0) is 13.9. The van der Waals surface area contributed by atoms with E-state index in [-0.39, 0.29) is 11.9 Å². The highest BCUT2D eigenvalue weighted by Gasteiger charge is 2.39. The lowest BCUT2D eigenvalue weighted by Gasteiger charge is -2.40. The quantitative estimate of drug-likeness (QED) is 0.850. The van der Waals surface area contributed by atoms with E-state index in [2.05, 4.69) is 6.92 Å². The fourth-order valence-corrected chi connectivity index (χ4v) is 3.18. The van der Waals surface area contributed by atoms with Crippen molar-refractivity contribution in [2.45, 2.75) is 44.6 Å². The molecule has 104 valence electrons. The number of ether oxygens (including phenoxy) is 1. The maximum absolute atomic E-state index is 11.6. The Bertz CT molecular complexity index is 455. The third kappa shape index (κ3) is 2.66. The molecule has 1 aliphatic carbocycles. The third-order valence-corrected chi connectivity index (χ3v) is 4.31. The first-order valence-corrected chi connectivity index (χ1v) is 7.03. The zero-order valence-electron chi connectivity index (χ0n) is 11.7. The number of esters is 1. The lowest BCUT2D eigenvalue weighted by atomic mass is 9.70. The molecule has 2 rings (SSSR count). The summed E-state index contributed by atoms with van der Waals surface area (Å²) < 4.78 is 4.74. The van der Waals surface area contributed by atoms with Gasteiger partial charge in [-0.3, -0.25) is 0 Å². The van der Waals surface area contributed by atoms with Crippen LogP contribution in [0.2, 0.25) is 0 Å². The largest absolute Gasteiger partial charge is 0.465 e. The number of carbonyl (C=O) groups excluding carboxylic acids is 1. The van der Waals surface area contributed by atoms with E-state index in [4.69, 9.17) is 4.74 Å². The van der Waals surface area contributed by atoms with Crippen molar-refractivity contribution in [2.75, 3.05) is 7.11 Å². The molecule has 0 spiro atoms. The average Bonchev–Trinajstić information content (AvgIpc) is 2.47. The first-order valence-electron chi connectivity index (χ1n) is 7.03. The summed E-state index contributed by atoms with van der Waals surface area (Å²) in [6.07, 6.45) is 5.00. The van der Waals surface area contributed by atoms with Gasteiger partial charge in [-0.25, -0.2) is 4.79 Å². The van der Waals surface area contributed by atoms with Crippen LogP contribution in [0.4, 0.5) is 0 Å². The molecule has 1 aromatic rings. The summed E-state index contributed by atoms with van der Waals surface area (Å²) in [5.41, 5.74) is 0.563. The van der Waals surface area contributed by atoms with E-state index < -0.39 is 5.60 Å². The van der Waals surface area contributed by atoms with Crippen molar-refractivity contribution in [1.29, 1.82) is 0 Å². The second-order valence-electron chi connectivity index (χ2n) is 5.35. The van der Waals surface area contributed by atoms with Crippen LogP contribution in [0.5, 0.6) is 0 Å². The van der Waals surface area contributed by atoms with E-state index in [1.807, 2.05) is 12.1 Å². The van der Waals surface area contributed by atoms with Gasteiger partial charge < -0.3 is 9.84 Å². The van der Waals surface area contributed by atoms with Crippen LogP contribution in [0, 0.1) is 5.92 Å². The van der Waals surface area contributed by atoms with Crippen LogP contribution in [0.3, 0.4) is 0 Å². The molecule has 19 heavy (non-hydrogen) atoms. The SMILES string of the molecule is CCC1CCCCC1(O)c1cccc(C(=O)OC)c1. The van der Waals surface area contributed by atoms with Gasteiger partial charge in [0.2, 0.25) is 0 Å². The Balaban J connectivity index is 2.36. The molecule has 3 heteroatoms. The Morgan fingerprint density at radius 2 is 2.26 bits per heavy atom. The molecule has 3 nitrogen and oxygen atoms in total. The van der Waals surface area contributed by atoms with Crippen molar-refractivity contribution < 1.29 is 14.6 Å². The van der Waals surface area contributed by atoms with Crippen LogP contribution < -0.4 is 0 Å². The summed E-state index contributed by atoms with van der Waals surface area (Å²) in [6, 6.07) is 7.24. The molecule has 2 unspecified atom stereocenters. The average molecular weight is 262 g/mol. The van der Waals surface area contributed by atoms with Crippen LogP contribution in [0.25, 0.3) is 0 Å². The van der Waals surface area contributed by atoms with E-state index in [0.29, 0.717) is 5.56 Å². The number of benzene rings is 1. The fraction of sp³-hybridized carbons (Fsp3) is 0.562. The number of carbonyl (C=O) groups is 1. The molecule has 1 saturated carbocycles. The number of hydrogen-bond acceptors (Lipinski definition) is 3. The molecule has 0 amide bonds. The van der Waals surface area contributed by atoms with Gasteiger partial charge in [-0.15, -0.1) is 0 Å². The molecular formula is C16H22O3. The van der Waals surface area contributed by atoms with Crippen molar-refractivity contribution in [2.24, 2.45) is 5.92 Å². The first kappa shape index (κ1) is 14.1. The maximum Gasteiger partial charge on any atom is 0.337 e. The molecule has 0 saturated heterocycles. The zero-order valence-corrected chi connectivity index (χ0v) is 11.7. The van der Waals surface area contributed by atoms with E-state index >= 15 is 0 Å². The first-order chi connectivity index (χ1) is 9.11. The molecule has 1 N–H and O–H groups in total. The summed E-state index contributed by atoms with van der Waals surface area (Å²) in [5, 5.41) is 11.0. The molecule has 0 bridgehead atoms. The Kier molecular flexibility index (Phi) is 4.25. The van der Waals surface area contributed by atoms with Gasteiger partial charge in [0.1, 0.15) is 0 Å². The van der Waals surface area contributed by atoms with E-state index in [9.17, 15) is 9.90 Å². The Labute approximate surface area is 114 Å². The predicted octanol–water partition coefficient (Wildman–Crippen LogP) is 3.26. The minimum Gasteiger partial charge on any atom is -0.465 e. The summed E-state index contributed by atoms with van der Waals surface area (Å²) >= 11 is 0. The highest BCUT2D eigenvalue weighted by molar-refractivity contribution is 5.89. The number of rotatable bonds is 3. The van der Waals surface area contributed by atoms with Gasteiger partial charge in [-0.2, -0.15) is 0 Å². The maximum atomic E-state index is 11.6. The van der Waals surface area contributed by atoms with Crippen molar-refractivity contribution >= 4 is 5.97 Å². The van der Waals surface area contributed by atoms with Gasteiger partial charge in [0.25, 0.3) is 0 Å². The van der Waals surface area contributed by atoms with E-state index in [1.165, 1.54) is 13.5 Å². The Morgan fingerprint density at radius 1 is 1.47 bits per heavy atom. The predicted molar refractivity (Wildman–Crippen MR) is 73.9 cm³/mol. The molecule has 0 heterocycles. The molecule has 1 aromatic carbocycles. The lowest BCUT2D eigenvalue weighted by Crippen LogP contribution is -2.37. The second kappa shape index (κ2) is 5.74. The van der Waals surface area contributed by atoms with Crippen LogP contribution in [-0.4, -0.2) is 18.2 Å². The van der Waals surface area contributed by atoms with Crippen LogP contribution in [-0.2, 0) is 10.3 Å². The van der Waals surface area contributed by atoms with Crippen molar-refractivity contribution in [3.05, 3.63) is 35.4 Å². The van der Waals surface area contributed by atoms with Gasteiger partial charge in [0, 0.05) is 0 Å². The molecule has 1 aliphatic rings. The van der Waals surface area contributed by atoms with Gasteiger partial charge in [-0.05, 0) is 36.5 Å². The summed E-state index contributed by atoms with van der Waals surface area (Å²) in [6.45, 7) is 2.12. The van der Waals surface area contributed by atoms with Gasteiger partial charge in [0.15, 0.2) is 0 Å². The Morgan fingerprint density at radius 3 is 2.95 bits per heavy atom.